The van der Waals surface area contributed by atoms with Gasteiger partial charge in [-0.05, 0) is 37.3 Å². The van der Waals surface area contributed by atoms with E-state index in [9.17, 15) is 4.79 Å². The molecule has 2 N–H and O–H groups in total. The van der Waals surface area contributed by atoms with Crippen LogP contribution in [0.2, 0.25) is 0 Å². The maximum Gasteiger partial charge on any atom is 0.222 e. The van der Waals surface area contributed by atoms with Crippen LogP contribution in [0, 0.1) is 5.92 Å². The van der Waals surface area contributed by atoms with Gasteiger partial charge in [-0.25, -0.2) is 0 Å². The second kappa shape index (κ2) is 11.6. The van der Waals surface area contributed by atoms with Crippen LogP contribution in [0.15, 0.2) is 27.8 Å². The number of aliphatic imine (C=N–C) groups is 1. The summed E-state index contributed by atoms with van der Waals surface area (Å²) in [6, 6.07) is 3.89. The number of likely N-dealkylation sites (tertiary alicyclic amines) is 1. The van der Waals surface area contributed by atoms with E-state index in [-0.39, 0.29) is 0 Å². The van der Waals surface area contributed by atoms with Gasteiger partial charge < -0.3 is 20.0 Å². The van der Waals surface area contributed by atoms with E-state index in [1.165, 1.54) is 6.42 Å². The van der Waals surface area contributed by atoms with Gasteiger partial charge in [0.1, 0.15) is 5.76 Å². The van der Waals surface area contributed by atoms with Gasteiger partial charge in [0.15, 0.2) is 5.96 Å². The molecule has 1 aromatic heterocycles. The Morgan fingerprint density at radius 2 is 2.12 bits per heavy atom. The Hall–Kier alpha value is -1.98. The molecule has 26 heavy (non-hydrogen) atoms. The Bertz CT molecular complexity index is 540. The molecule has 1 fully saturated rings. The number of hydrogen-bond donors (Lipinski definition) is 2. The highest BCUT2D eigenvalue weighted by Gasteiger charge is 2.15. The van der Waals surface area contributed by atoms with Crippen molar-refractivity contribution < 1.29 is 9.21 Å². The molecular formula is C20H34N4O2. The van der Waals surface area contributed by atoms with E-state index >= 15 is 0 Å². The van der Waals surface area contributed by atoms with Crippen LogP contribution in [0.25, 0.3) is 0 Å². The summed E-state index contributed by atoms with van der Waals surface area (Å²) in [5.41, 5.74) is 0. The monoisotopic (exact) mass is 362 g/mol. The van der Waals surface area contributed by atoms with Crippen LogP contribution in [0.1, 0.15) is 51.7 Å². The molecule has 1 aliphatic rings. The number of carbonyl (C=O) groups is 1. The zero-order valence-electron chi connectivity index (χ0n) is 16.3. The van der Waals surface area contributed by atoms with Gasteiger partial charge in [0.2, 0.25) is 5.91 Å². The van der Waals surface area contributed by atoms with Gasteiger partial charge in [0.25, 0.3) is 0 Å². The van der Waals surface area contributed by atoms with E-state index in [4.69, 9.17) is 4.42 Å². The van der Waals surface area contributed by atoms with Gasteiger partial charge >= 0.3 is 0 Å². The molecule has 2 rings (SSSR count). The molecule has 0 aromatic carbocycles. The normalized spacial score (nSPS) is 16.0. The summed E-state index contributed by atoms with van der Waals surface area (Å²) in [4.78, 5) is 18.7. The molecule has 0 saturated carbocycles. The minimum atomic E-state index is 0.313. The molecule has 6 nitrogen and oxygen atoms in total. The zero-order valence-corrected chi connectivity index (χ0v) is 16.3. The lowest BCUT2D eigenvalue weighted by Gasteiger charge is -2.21. The second-order valence-corrected chi connectivity index (χ2v) is 7.31. The average molecular weight is 363 g/mol. The van der Waals surface area contributed by atoms with Crippen molar-refractivity contribution in [2.75, 3.05) is 32.7 Å². The zero-order chi connectivity index (χ0) is 18.6. The minimum Gasteiger partial charge on any atom is -0.469 e. The predicted molar refractivity (Wildman–Crippen MR) is 105 cm³/mol. The fraction of sp³-hybridized carbons (Fsp3) is 0.700. The molecule has 0 atom stereocenters. The number of nitrogens with one attached hydrogen (secondary N) is 2. The van der Waals surface area contributed by atoms with Crippen molar-refractivity contribution in [2.24, 2.45) is 10.9 Å². The maximum absolute atomic E-state index is 12.0. The molecule has 2 heterocycles. The SMILES string of the molecule is CC(C)CN=C(NCCCN1CCCCCC1=O)NCCc1ccco1. The molecule has 0 spiro atoms. The van der Waals surface area contributed by atoms with E-state index in [1.54, 1.807) is 6.26 Å². The smallest absolute Gasteiger partial charge is 0.222 e. The Morgan fingerprint density at radius 1 is 1.27 bits per heavy atom. The Kier molecular flexibility index (Phi) is 9.07. The number of amides is 1. The summed E-state index contributed by atoms with van der Waals surface area (Å²) in [7, 11) is 0. The standard InChI is InChI=1S/C20H34N4O2/c1-17(2)16-23-20(22-12-10-18-8-6-15-26-18)21-11-7-14-24-13-5-3-4-9-19(24)25/h6,8,15,17H,3-5,7,9-14,16H2,1-2H3,(H2,21,22,23). The molecule has 1 saturated heterocycles. The predicted octanol–water partition coefficient (Wildman–Crippen LogP) is 2.81. The highest BCUT2D eigenvalue weighted by Crippen LogP contribution is 2.11. The van der Waals surface area contributed by atoms with Crippen LogP contribution >= 0.6 is 0 Å². The fourth-order valence-electron chi connectivity index (χ4n) is 2.96. The van der Waals surface area contributed by atoms with E-state index in [1.807, 2.05) is 17.0 Å². The van der Waals surface area contributed by atoms with Crippen molar-refractivity contribution in [2.45, 2.75) is 52.4 Å². The molecule has 0 radical (unpaired) electrons. The Labute approximate surface area is 157 Å². The molecule has 0 unspecified atom stereocenters. The fourth-order valence-corrected chi connectivity index (χ4v) is 2.96. The minimum absolute atomic E-state index is 0.313. The van der Waals surface area contributed by atoms with Crippen LogP contribution < -0.4 is 10.6 Å². The van der Waals surface area contributed by atoms with Crippen molar-refractivity contribution in [1.29, 1.82) is 0 Å². The van der Waals surface area contributed by atoms with Gasteiger partial charge in [-0.3, -0.25) is 9.79 Å². The van der Waals surface area contributed by atoms with Crippen molar-refractivity contribution in [3.05, 3.63) is 24.2 Å². The lowest BCUT2D eigenvalue weighted by Crippen LogP contribution is -2.40. The lowest BCUT2D eigenvalue weighted by molar-refractivity contribution is -0.130. The third-order valence-electron chi connectivity index (χ3n) is 4.43. The largest absolute Gasteiger partial charge is 0.469 e. The molecule has 6 heteroatoms. The Balaban J connectivity index is 1.71. The molecular weight excluding hydrogens is 328 g/mol. The van der Waals surface area contributed by atoms with E-state index in [2.05, 4.69) is 29.5 Å². The number of guanidine groups is 1. The van der Waals surface area contributed by atoms with Crippen LogP contribution in [0.4, 0.5) is 0 Å². The highest BCUT2D eigenvalue weighted by atomic mass is 16.3. The highest BCUT2D eigenvalue weighted by molar-refractivity contribution is 5.79. The summed E-state index contributed by atoms with van der Waals surface area (Å²) in [6.45, 7) is 8.45. The van der Waals surface area contributed by atoms with Gasteiger partial charge in [-0.2, -0.15) is 0 Å². The van der Waals surface area contributed by atoms with Gasteiger partial charge in [0.05, 0.1) is 6.26 Å². The van der Waals surface area contributed by atoms with Crippen LogP contribution in [-0.4, -0.2) is 49.5 Å². The molecule has 0 bridgehead atoms. The van der Waals surface area contributed by atoms with Crippen LogP contribution in [-0.2, 0) is 11.2 Å². The first kappa shape index (κ1) is 20.3. The summed E-state index contributed by atoms with van der Waals surface area (Å²) in [6.07, 6.45) is 7.53. The summed E-state index contributed by atoms with van der Waals surface area (Å²) < 4.78 is 5.36. The van der Waals surface area contributed by atoms with E-state index in [0.717, 1.165) is 70.1 Å². The Morgan fingerprint density at radius 3 is 2.88 bits per heavy atom. The van der Waals surface area contributed by atoms with Crippen molar-refractivity contribution >= 4 is 11.9 Å². The number of furan rings is 1. The average Bonchev–Trinajstić information content (AvgIpc) is 3.05. The number of hydrogen-bond acceptors (Lipinski definition) is 3. The first-order valence-electron chi connectivity index (χ1n) is 9.97. The first-order chi connectivity index (χ1) is 12.6. The third-order valence-corrected chi connectivity index (χ3v) is 4.43. The van der Waals surface area contributed by atoms with E-state index in [0.29, 0.717) is 18.2 Å². The molecule has 146 valence electrons. The topological polar surface area (TPSA) is 69.9 Å². The van der Waals surface area contributed by atoms with Crippen LogP contribution in [0.5, 0.6) is 0 Å². The summed E-state index contributed by atoms with van der Waals surface area (Å²) in [5.74, 6) is 2.65. The molecule has 1 aliphatic heterocycles. The van der Waals surface area contributed by atoms with Gasteiger partial charge in [-0.1, -0.05) is 20.3 Å². The van der Waals surface area contributed by atoms with Gasteiger partial charge in [-0.15, -0.1) is 0 Å². The van der Waals surface area contributed by atoms with E-state index < -0.39 is 0 Å². The van der Waals surface area contributed by atoms with Gasteiger partial charge in [0, 0.05) is 45.6 Å². The summed E-state index contributed by atoms with van der Waals surface area (Å²) in [5, 5.41) is 6.76. The lowest BCUT2D eigenvalue weighted by atomic mass is 10.2. The maximum atomic E-state index is 12.0. The molecule has 1 aromatic rings. The second-order valence-electron chi connectivity index (χ2n) is 7.31. The summed E-state index contributed by atoms with van der Waals surface area (Å²) >= 11 is 0. The molecule has 0 aliphatic carbocycles. The van der Waals surface area contributed by atoms with Crippen molar-refractivity contribution in [3.8, 4) is 0 Å². The van der Waals surface area contributed by atoms with Crippen molar-refractivity contribution in [1.82, 2.24) is 15.5 Å². The quantitative estimate of drug-likeness (QED) is 0.403. The molecule has 1 amide bonds. The number of rotatable bonds is 9. The van der Waals surface area contributed by atoms with Crippen molar-refractivity contribution in [3.63, 3.8) is 0 Å². The number of carbonyl (C=O) groups excluding carboxylic acids is 1. The number of nitrogens with zero attached hydrogens (tertiary/aromatic N) is 2. The first-order valence-corrected chi connectivity index (χ1v) is 9.97. The third kappa shape index (κ3) is 7.93. The van der Waals surface area contributed by atoms with Crippen LogP contribution in [0.3, 0.4) is 0 Å².